The first-order chi connectivity index (χ1) is 6.44. The zero-order valence-corrected chi connectivity index (χ0v) is 9.20. The molecule has 0 fully saturated rings. The summed E-state index contributed by atoms with van der Waals surface area (Å²) in [7, 11) is -3.16. The molecule has 0 spiro atoms. The van der Waals surface area contributed by atoms with Crippen molar-refractivity contribution in [2.24, 2.45) is 0 Å². The predicted octanol–water partition coefficient (Wildman–Crippen LogP) is 2.41. The molecule has 0 bridgehead atoms. The smallest absolute Gasteiger partial charge is 0.154 e. The Labute approximate surface area is 87.6 Å². The molecule has 0 amide bonds. The Morgan fingerprint density at radius 3 is 2.64 bits per heavy atom. The standard InChI is InChI=1S/C9H10ClFO2S/c1-2-14(12,13)6-7-5-8(11)3-4-9(7)10/h3-5H,2,6H2,1H3. The molecule has 78 valence electrons. The highest BCUT2D eigenvalue weighted by molar-refractivity contribution is 7.90. The molecule has 0 unspecified atom stereocenters. The summed E-state index contributed by atoms with van der Waals surface area (Å²) in [5, 5.41) is 0.281. The van der Waals surface area contributed by atoms with E-state index < -0.39 is 15.7 Å². The monoisotopic (exact) mass is 236 g/mol. The van der Waals surface area contributed by atoms with Crippen molar-refractivity contribution in [2.75, 3.05) is 5.75 Å². The molecule has 0 heterocycles. The number of hydrogen-bond donors (Lipinski definition) is 0. The minimum absolute atomic E-state index is 0.0276. The summed E-state index contributed by atoms with van der Waals surface area (Å²) in [4.78, 5) is 0. The summed E-state index contributed by atoms with van der Waals surface area (Å²) in [6.07, 6.45) is 0. The highest BCUT2D eigenvalue weighted by Crippen LogP contribution is 2.19. The molecule has 0 N–H and O–H groups in total. The molecule has 0 aliphatic heterocycles. The van der Waals surface area contributed by atoms with Crippen LogP contribution in [0.15, 0.2) is 18.2 Å². The third-order valence-corrected chi connectivity index (χ3v) is 3.82. The molecule has 0 aliphatic carbocycles. The highest BCUT2D eigenvalue weighted by atomic mass is 35.5. The SMILES string of the molecule is CCS(=O)(=O)Cc1cc(F)ccc1Cl. The van der Waals surface area contributed by atoms with Gasteiger partial charge in [-0.1, -0.05) is 18.5 Å². The molecular formula is C9H10ClFO2S. The first-order valence-electron chi connectivity index (χ1n) is 4.09. The Hall–Kier alpha value is -0.610. The van der Waals surface area contributed by atoms with E-state index in [9.17, 15) is 12.8 Å². The van der Waals surface area contributed by atoms with Gasteiger partial charge in [-0.2, -0.15) is 0 Å². The second kappa shape index (κ2) is 4.28. The number of sulfone groups is 1. The van der Waals surface area contributed by atoms with E-state index in [0.29, 0.717) is 5.56 Å². The Morgan fingerprint density at radius 1 is 1.43 bits per heavy atom. The van der Waals surface area contributed by atoms with Gasteiger partial charge in [-0.3, -0.25) is 0 Å². The number of benzene rings is 1. The zero-order valence-electron chi connectivity index (χ0n) is 7.63. The molecular weight excluding hydrogens is 227 g/mol. The van der Waals surface area contributed by atoms with E-state index in [1.807, 2.05) is 0 Å². The Bertz CT molecular complexity index is 428. The van der Waals surface area contributed by atoms with Crippen LogP contribution in [0.25, 0.3) is 0 Å². The Balaban J connectivity index is 3.03. The first kappa shape index (κ1) is 11.5. The van der Waals surface area contributed by atoms with Crippen LogP contribution in [0.1, 0.15) is 12.5 Å². The molecule has 0 atom stereocenters. The quantitative estimate of drug-likeness (QED) is 0.808. The molecule has 5 heteroatoms. The van der Waals surface area contributed by atoms with E-state index >= 15 is 0 Å². The van der Waals surface area contributed by atoms with Gasteiger partial charge in [0.15, 0.2) is 9.84 Å². The Kier molecular flexibility index (Phi) is 3.50. The van der Waals surface area contributed by atoms with E-state index in [0.717, 1.165) is 6.07 Å². The van der Waals surface area contributed by atoms with Gasteiger partial charge in [0.05, 0.1) is 5.75 Å². The molecule has 1 rings (SSSR count). The van der Waals surface area contributed by atoms with Crippen LogP contribution in [-0.2, 0) is 15.6 Å². The van der Waals surface area contributed by atoms with E-state index in [2.05, 4.69) is 0 Å². The molecule has 1 aromatic carbocycles. The molecule has 0 saturated carbocycles. The van der Waals surface area contributed by atoms with Gasteiger partial charge in [0.25, 0.3) is 0 Å². The Morgan fingerprint density at radius 2 is 2.07 bits per heavy atom. The fraction of sp³-hybridized carbons (Fsp3) is 0.333. The van der Waals surface area contributed by atoms with Gasteiger partial charge in [-0.25, -0.2) is 12.8 Å². The fourth-order valence-electron chi connectivity index (χ4n) is 0.993. The lowest BCUT2D eigenvalue weighted by atomic mass is 10.2. The second-order valence-corrected chi connectivity index (χ2v) is 5.67. The summed E-state index contributed by atoms with van der Waals surface area (Å²) >= 11 is 5.73. The lowest BCUT2D eigenvalue weighted by molar-refractivity contribution is 0.596. The maximum Gasteiger partial charge on any atom is 0.154 e. The van der Waals surface area contributed by atoms with Gasteiger partial charge in [-0.05, 0) is 23.8 Å². The summed E-state index contributed by atoms with van der Waals surface area (Å²) in [5.74, 6) is -0.657. The van der Waals surface area contributed by atoms with Gasteiger partial charge < -0.3 is 0 Å². The number of rotatable bonds is 3. The van der Waals surface area contributed by atoms with Crippen LogP contribution in [0, 0.1) is 5.82 Å². The van der Waals surface area contributed by atoms with Gasteiger partial charge in [0, 0.05) is 10.8 Å². The van der Waals surface area contributed by atoms with Crippen molar-refractivity contribution in [3.63, 3.8) is 0 Å². The largest absolute Gasteiger partial charge is 0.229 e. The van der Waals surface area contributed by atoms with Gasteiger partial charge >= 0.3 is 0 Å². The van der Waals surface area contributed by atoms with E-state index in [4.69, 9.17) is 11.6 Å². The van der Waals surface area contributed by atoms with Crippen molar-refractivity contribution >= 4 is 21.4 Å². The van der Waals surface area contributed by atoms with E-state index in [1.54, 1.807) is 6.92 Å². The molecule has 0 radical (unpaired) electrons. The minimum atomic E-state index is -3.16. The third kappa shape index (κ3) is 2.96. The molecule has 2 nitrogen and oxygen atoms in total. The van der Waals surface area contributed by atoms with E-state index in [-0.39, 0.29) is 16.5 Å². The van der Waals surface area contributed by atoms with Gasteiger partial charge in [-0.15, -0.1) is 0 Å². The predicted molar refractivity (Wildman–Crippen MR) is 54.6 cm³/mol. The molecule has 0 aromatic heterocycles. The maximum absolute atomic E-state index is 12.8. The molecule has 0 saturated heterocycles. The topological polar surface area (TPSA) is 34.1 Å². The highest BCUT2D eigenvalue weighted by Gasteiger charge is 2.12. The fourth-order valence-corrected chi connectivity index (χ4v) is 2.17. The average Bonchev–Trinajstić information content (AvgIpc) is 2.11. The van der Waals surface area contributed by atoms with Crippen LogP contribution in [0.4, 0.5) is 4.39 Å². The van der Waals surface area contributed by atoms with Crippen LogP contribution in [0.3, 0.4) is 0 Å². The summed E-state index contributed by atoms with van der Waals surface area (Å²) in [5.41, 5.74) is 0.313. The number of halogens is 2. The molecule has 0 aliphatic rings. The summed E-state index contributed by atoms with van der Waals surface area (Å²) < 4.78 is 35.3. The van der Waals surface area contributed by atoms with Crippen LogP contribution in [0.5, 0.6) is 0 Å². The van der Waals surface area contributed by atoms with Crippen molar-refractivity contribution in [3.8, 4) is 0 Å². The molecule has 14 heavy (non-hydrogen) atoms. The van der Waals surface area contributed by atoms with Crippen molar-refractivity contribution in [1.29, 1.82) is 0 Å². The average molecular weight is 237 g/mol. The third-order valence-electron chi connectivity index (χ3n) is 1.82. The van der Waals surface area contributed by atoms with Crippen molar-refractivity contribution in [1.82, 2.24) is 0 Å². The van der Waals surface area contributed by atoms with Crippen molar-refractivity contribution in [2.45, 2.75) is 12.7 Å². The maximum atomic E-state index is 12.8. The summed E-state index contributed by atoms with van der Waals surface area (Å²) in [6, 6.07) is 3.71. The van der Waals surface area contributed by atoms with Crippen LogP contribution >= 0.6 is 11.6 Å². The summed E-state index contributed by atoms with van der Waals surface area (Å²) in [6.45, 7) is 1.54. The van der Waals surface area contributed by atoms with Crippen molar-refractivity contribution in [3.05, 3.63) is 34.6 Å². The van der Waals surface area contributed by atoms with Gasteiger partial charge in [0.2, 0.25) is 0 Å². The van der Waals surface area contributed by atoms with Crippen molar-refractivity contribution < 1.29 is 12.8 Å². The van der Waals surface area contributed by atoms with E-state index in [1.165, 1.54) is 12.1 Å². The normalized spacial score (nSPS) is 11.6. The van der Waals surface area contributed by atoms with Crippen LogP contribution in [0.2, 0.25) is 5.02 Å². The van der Waals surface area contributed by atoms with Crippen LogP contribution < -0.4 is 0 Å². The zero-order chi connectivity index (χ0) is 10.8. The lowest BCUT2D eigenvalue weighted by Gasteiger charge is -2.04. The first-order valence-corrected chi connectivity index (χ1v) is 6.29. The van der Waals surface area contributed by atoms with Crippen LogP contribution in [-0.4, -0.2) is 14.2 Å². The van der Waals surface area contributed by atoms with Gasteiger partial charge in [0.1, 0.15) is 5.82 Å². The molecule has 1 aromatic rings. The number of hydrogen-bond acceptors (Lipinski definition) is 2. The lowest BCUT2D eigenvalue weighted by Crippen LogP contribution is -2.07. The minimum Gasteiger partial charge on any atom is -0.229 e. The second-order valence-electron chi connectivity index (χ2n) is 2.91.